The van der Waals surface area contributed by atoms with Crippen molar-refractivity contribution in [3.05, 3.63) is 71.8 Å². The minimum atomic E-state index is -0.401. The number of hydrogen-bond acceptors (Lipinski definition) is 4. The highest BCUT2D eigenvalue weighted by molar-refractivity contribution is 5.82. The van der Waals surface area contributed by atoms with Crippen LogP contribution in [-0.4, -0.2) is 54.2 Å². The summed E-state index contributed by atoms with van der Waals surface area (Å²) in [6, 6.07) is 19.9. The second-order valence-corrected chi connectivity index (χ2v) is 9.45. The van der Waals surface area contributed by atoms with Crippen LogP contribution in [-0.2, 0) is 19.2 Å². The van der Waals surface area contributed by atoms with Gasteiger partial charge in [0.1, 0.15) is 0 Å². The summed E-state index contributed by atoms with van der Waals surface area (Å²) in [4.78, 5) is 43.9. The summed E-state index contributed by atoms with van der Waals surface area (Å²) in [5, 5.41) is 0. The van der Waals surface area contributed by atoms with Gasteiger partial charge in [-0.15, -0.1) is 0 Å². The maximum atomic E-state index is 13.0. The van der Waals surface area contributed by atoms with Gasteiger partial charge in [0.05, 0.1) is 25.4 Å². The zero-order valence-electron chi connectivity index (χ0n) is 21.7. The first-order chi connectivity index (χ1) is 17.8. The molecule has 0 saturated carbocycles. The molecule has 37 heavy (non-hydrogen) atoms. The van der Waals surface area contributed by atoms with Crippen LogP contribution in [0.3, 0.4) is 0 Å². The fraction of sp³-hybridized carbons (Fsp3) is 0.483. The van der Waals surface area contributed by atoms with Crippen molar-refractivity contribution in [2.24, 2.45) is 17.8 Å². The van der Waals surface area contributed by atoms with E-state index in [9.17, 15) is 18.4 Å². The van der Waals surface area contributed by atoms with Crippen LogP contribution in [0.25, 0.3) is 0 Å². The Hall–Kier alpha value is -3.38. The van der Waals surface area contributed by atoms with Crippen LogP contribution in [0.1, 0.15) is 56.8 Å². The van der Waals surface area contributed by atoms with E-state index < -0.39 is 13.3 Å². The number of hydrogen-bond donors (Lipinski definition) is 0. The highest BCUT2D eigenvalue weighted by atomic mass is 19.1. The molecular weight excluding hydrogens is 478 g/mol. The molecule has 200 valence electrons. The molecule has 0 aliphatic carbocycles. The monoisotopic (exact) mass is 514 g/mol. The SMILES string of the molecule is CC[C@@H]1C(=O)N([C@H](C)c2ccccc2)C[C@H]1CF.C[C@H](c1ccccc1)N1C[C@@H](CF)CC1=O.O=C=O. The summed E-state index contributed by atoms with van der Waals surface area (Å²) in [5.41, 5.74) is 2.22. The van der Waals surface area contributed by atoms with E-state index in [-0.39, 0.29) is 47.8 Å². The molecule has 2 aliphatic rings. The number of halogens is 2. The highest BCUT2D eigenvalue weighted by Crippen LogP contribution is 2.34. The highest BCUT2D eigenvalue weighted by Gasteiger charge is 2.41. The third kappa shape index (κ3) is 7.80. The molecule has 2 aliphatic heterocycles. The first-order valence-corrected chi connectivity index (χ1v) is 12.6. The molecule has 6 nitrogen and oxygen atoms in total. The lowest BCUT2D eigenvalue weighted by atomic mass is 9.94. The average Bonchev–Trinajstić information content (AvgIpc) is 3.48. The zero-order chi connectivity index (χ0) is 27.4. The number of carbonyl (C=O) groups excluding carboxylic acids is 4. The predicted molar refractivity (Wildman–Crippen MR) is 135 cm³/mol. The van der Waals surface area contributed by atoms with Gasteiger partial charge in [-0.05, 0) is 31.4 Å². The standard InChI is InChI=1S/C15H20FNO.C13H16FNO.CO2/c1-3-14-13(9-16)10-17(15(14)18)11(2)12-7-5-4-6-8-12;1-10(12-5-3-2-4-6-12)15-9-11(8-14)7-13(15)16;2-1-3/h4-8,11,13-14H,3,9-10H2,1-2H3;2-6,10-11H,7-9H2,1H3;/t11-,13-,14+;10-,11-;/m11./s1. The van der Waals surface area contributed by atoms with Gasteiger partial charge in [0.25, 0.3) is 0 Å². The summed E-state index contributed by atoms with van der Waals surface area (Å²) in [6.07, 6.45) is 1.33. The molecule has 0 N–H and O–H groups in total. The third-order valence-corrected chi connectivity index (χ3v) is 7.19. The molecule has 2 amide bonds. The molecular formula is C29H36F2N2O4. The third-order valence-electron chi connectivity index (χ3n) is 7.19. The molecule has 0 aromatic heterocycles. The quantitative estimate of drug-likeness (QED) is 0.510. The lowest BCUT2D eigenvalue weighted by Gasteiger charge is -2.25. The number of carbonyl (C=O) groups is 2. The maximum absolute atomic E-state index is 13.0. The van der Waals surface area contributed by atoms with Crippen LogP contribution >= 0.6 is 0 Å². The minimum absolute atomic E-state index is 0.0318. The van der Waals surface area contributed by atoms with Gasteiger partial charge in [-0.1, -0.05) is 67.6 Å². The molecule has 0 bridgehead atoms. The Balaban J connectivity index is 0.000000237. The van der Waals surface area contributed by atoms with Crippen molar-refractivity contribution in [3.8, 4) is 0 Å². The summed E-state index contributed by atoms with van der Waals surface area (Å²) < 4.78 is 25.5. The van der Waals surface area contributed by atoms with Gasteiger partial charge >= 0.3 is 6.15 Å². The number of likely N-dealkylation sites (tertiary alicyclic amines) is 2. The average molecular weight is 515 g/mol. The predicted octanol–water partition coefficient (Wildman–Crippen LogP) is 5.18. The Labute approximate surface area is 217 Å². The molecule has 2 heterocycles. The number of rotatable bonds is 7. The van der Waals surface area contributed by atoms with Crippen molar-refractivity contribution in [1.82, 2.24) is 9.80 Å². The Morgan fingerprint density at radius 1 is 0.838 bits per heavy atom. The fourth-order valence-corrected chi connectivity index (χ4v) is 5.01. The van der Waals surface area contributed by atoms with Crippen molar-refractivity contribution in [2.75, 3.05) is 26.4 Å². The van der Waals surface area contributed by atoms with E-state index in [1.54, 1.807) is 4.90 Å². The van der Waals surface area contributed by atoms with E-state index >= 15 is 0 Å². The van der Waals surface area contributed by atoms with E-state index in [0.717, 1.165) is 17.5 Å². The van der Waals surface area contributed by atoms with Gasteiger partial charge < -0.3 is 9.80 Å². The van der Waals surface area contributed by atoms with Crippen LogP contribution < -0.4 is 0 Å². The lowest BCUT2D eigenvalue weighted by Crippen LogP contribution is -2.30. The lowest BCUT2D eigenvalue weighted by molar-refractivity contribution is -0.191. The van der Waals surface area contributed by atoms with Crippen LogP contribution in [0.2, 0.25) is 0 Å². The maximum Gasteiger partial charge on any atom is 0.373 e. The molecule has 0 radical (unpaired) electrons. The number of alkyl halides is 2. The van der Waals surface area contributed by atoms with Gasteiger partial charge in [0.15, 0.2) is 0 Å². The van der Waals surface area contributed by atoms with E-state index in [1.165, 1.54) is 0 Å². The second-order valence-electron chi connectivity index (χ2n) is 9.45. The molecule has 0 spiro atoms. The summed E-state index contributed by atoms with van der Waals surface area (Å²) in [5.74, 6) is -0.205. The van der Waals surface area contributed by atoms with E-state index in [0.29, 0.717) is 19.5 Å². The number of nitrogens with zero attached hydrogens (tertiary/aromatic N) is 2. The summed E-state index contributed by atoms with van der Waals surface area (Å²) in [6.45, 7) is 6.26. The van der Waals surface area contributed by atoms with E-state index in [2.05, 4.69) is 0 Å². The molecule has 0 unspecified atom stereocenters. The second kappa shape index (κ2) is 15.0. The van der Waals surface area contributed by atoms with Crippen molar-refractivity contribution >= 4 is 18.0 Å². The Kier molecular flexibility index (Phi) is 12.1. The number of benzene rings is 2. The Morgan fingerprint density at radius 2 is 1.32 bits per heavy atom. The summed E-state index contributed by atoms with van der Waals surface area (Å²) in [7, 11) is 0. The minimum Gasteiger partial charge on any atom is -0.336 e. The molecule has 5 atom stereocenters. The van der Waals surface area contributed by atoms with Crippen molar-refractivity contribution in [3.63, 3.8) is 0 Å². The van der Waals surface area contributed by atoms with Gasteiger partial charge in [-0.3, -0.25) is 18.4 Å². The largest absolute Gasteiger partial charge is 0.373 e. The normalized spacial score (nSPS) is 22.4. The van der Waals surface area contributed by atoms with E-state index in [4.69, 9.17) is 9.59 Å². The van der Waals surface area contributed by atoms with E-state index in [1.807, 2.05) is 86.3 Å². The number of amides is 2. The van der Waals surface area contributed by atoms with Crippen LogP contribution in [0.5, 0.6) is 0 Å². The van der Waals surface area contributed by atoms with Crippen molar-refractivity contribution in [2.45, 2.75) is 45.7 Å². The Bertz CT molecular complexity index is 1020. The topological polar surface area (TPSA) is 74.8 Å². The Morgan fingerprint density at radius 3 is 1.70 bits per heavy atom. The molecule has 4 rings (SSSR count). The van der Waals surface area contributed by atoms with Crippen LogP contribution in [0.4, 0.5) is 8.78 Å². The molecule has 2 aromatic rings. The molecule has 8 heteroatoms. The van der Waals surface area contributed by atoms with Crippen LogP contribution in [0.15, 0.2) is 60.7 Å². The zero-order valence-corrected chi connectivity index (χ0v) is 21.7. The van der Waals surface area contributed by atoms with Gasteiger partial charge in [0.2, 0.25) is 11.8 Å². The van der Waals surface area contributed by atoms with Gasteiger partial charge in [-0.2, -0.15) is 9.59 Å². The first kappa shape index (κ1) is 29.8. The molecule has 2 aromatic carbocycles. The van der Waals surface area contributed by atoms with Crippen molar-refractivity contribution < 1.29 is 28.0 Å². The van der Waals surface area contributed by atoms with Gasteiger partial charge in [-0.25, -0.2) is 0 Å². The van der Waals surface area contributed by atoms with Crippen molar-refractivity contribution in [1.29, 1.82) is 0 Å². The van der Waals surface area contributed by atoms with Crippen LogP contribution in [0, 0.1) is 17.8 Å². The summed E-state index contributed by atoms with van der Waals surface area (Å²) >= 11 is 0. The fourth-order valence-electron chi connectivity index (χ4n) is 5.01. The van der Waals surface area contributed by atoms with Gasteiger partial charge in [0, 0.05) is 37.3 Å². The smallest absolute Gasteiger partial charge is 0.336 e. The first-order valence-electron chi connectivity index (χ1n) is 12.6. The molecule has 2 saturated heterocycles. The molecule has 2 fully saturated rings.